The van der Waals surface area contributed by atoms with Crippen molar-refractivity contribution in [2.75, 3.05) is 26.3 Å². The van der Waals surface area contributed by atoms with Crippen molar-refractivity contribution in [1.82, 2.24) is 14.5 Å². The van der Waals surface area contributed by atoms with Crippen molar-refractivity contribution in [3.05, 3.63) is 32.6 Å². The van der Waals surface area contributed by atoms with Crippen LogP contribution in [0.4, 0.5) is 0 Å². The molecule has 0 saturated carbocycles. The van der Waals surface area contributed by atoms with Gasteiger partial charge in [0.1, 0.15) is 0 Å². The van der Waals surface area contributed by atoms with Gasteiger partial charge in [-0.3, -0.25) is 19.2 Å². The Balaban J connectivity index is 1.82. The molecule has 2 saturated heterocycles. The molecule has 2 N–H and O–H groups in total. The molecule has 0 radical (unpaired) electrons. The van der Waals surface area contributed by atoms with Crippen LogP contribution in [0.15, 0.2) is 15.8 Å². The largest absolute Gasteiger partial charge is 0.391 e. The van der Waals surface area contributed by atoms with Crippen LogP contribution in [0.3, 0.4) is 0 Å². The molecule has 0 bridgehead atoms. The third kappa shape index (κ3) is 2.81. The highest BCUT2D eigenvalue weighted by Gasteiger charge is 2.32. The third-order valence-corrected chi connectivity index (χ3v) is 4.51. The van der Waals surface area contributed by atoms with Crippen LogP contribution in [-0.4, -0.2) is 58.0 Å². The zero-order valence-corrected chi connectivity index (χ0v) is 12.1. The molecular weight excluding hydrogens is 274 g/mol. The number of nitrogens with one attached hydrogen (secondary N) is 1. The molecule has 3 rings (SSSR count). The number of aryl methyl sites for hydroxylation is 1. The molecule has 2 fully saturated rings. The van der Waals surface area contributed by atoms with E-state index in [2.05, 4.69) is 9.88 Å². The smallest absolute Gasteiger partial charge is 0.328 e. The van der Waals surface area contributed by atoms with Gasteiger partial charge in [0, 0.05) is 24.8 Å². The van der Waals surface area contributed by atoms with Crippen molar-refractivity contribution in [2.45, 2.75) is 38.0 Å². The minimum atomic E-state index is -0.584. The summed E-state index contributed by atoms with van der Waals surface area (Å²) in [7, 11) is 0. The second kappa shape index (κ2) is 5.75. The molecule has 3 heterocycles. The molecule has 0 aliphatic carbocycles. The highest BCUT2D eigenvalue weighted by atomic mass is 16.5. The van der Waals surface area contributed by atoms with Gasteiger partial charge in [-0.2, -0.15) is 0 Å². The zero-order chi connectivity index (χ0) is 15.0. The van der Waals surface area contributed by atoms with Gasteiger partial charge >= 0.3 is 5.69 Å². The van der Waals surface area contributed by atoms with Crippen molar-refractivity contribution in [1.29, 1.82) is 0 Å². The van der Waals surface area contributed by atoms with E-state index in [1.165, 1.54) is 4.57 Å². The first-order valence-electron chi connectivity index (χ1n) is 7.38. The van der Waals surface area contributed by atoms with Gasteiger partial charge in [0.05, 0.1) is 31.4 Å². The molecule has 21 heavy (non-hydrogen) atoms. The summed E-state index contributed by atoms with van der Waals surface area (Å²) in [5, 5.41) is 10.4. The molecule has 7 heteroatoms. The Kier molecular flexibility index (Phi) is 3.97. The number of H-pyrrole nitrogens is 1. The van der Waals surface area contributed by atoms with Crippen LogP contribution in [-0.2, 0) is 4.74 Å². The van der Waals surface area contributed by atoms with E-state index in [0.29, 0.717) is 24.4 Å². The molecule has 116 valence electrons. The molecule has 2 atom stereocenters. The van der Waals surface area contributed by atoms with Crippen LogP contribution < -0.4 is 11.2 Å². The summed E-state index contributed by atoms with van der Waals surface area (Å²) in [4.78, 5) is 28.1. The molecule has 2 aliphatic heterocycles. The van der Waals surface area contributed by atoms with Crippen molar-refractivity contribution in [3.8, 4) is 0 Å². The van der Waals surface area contributed by atoms with Crippen molar-refractivity contribution in [3.63, 3.8) is 0 Å². The van der Waals surface area contributed by atoms with E-state index in [4.69, 9.17) is 4.74 Å². The molecule has 2 aliphatic rings. The first-order chi connectivity index (χ1) is 10.1. The van der Waals surface area contributed by atoms with E-state index in [9.17, 15) is 14.7 Å². The van der Waals surface area contributed by atoms with E-state index in [1.54, 1.807) is 13.1 Å². The Hall–Kier alpha value is -1.44. The van der Waals surface area contributed by atoms with Gasteiger partial charge < -0.3 is 9.84 Å². The maximum atomic E-state index is 12.0. The van der Waals surface area contributed by atoms with Crippen molar-refractivity contribution in [2.24, 2.45) is 0 Å². The average Bonchev–Trinajstić information content (AvgIpc) is 2.55. The predicted molar refractivity (Wildman–Crippen MR) is 76.5 cm³/mol. The fraction of sp³-hybridized carbons (Fsp3) is 0.714. The maximum Gasteiger partial charge on any atom is 0.328 e. The SMILES string of the molecule is Cc1cn([C@H]2CCN(C3COC3)CC[C@@H]2O)c(=O)[nH]c1=O. The van der Waals surface area contributed by atoms with E-state index in [0.717, 1.165) is 26.3 Å². The van der Waals surface area contributed by atoms with E-state index in [-0.39, 0.29) is 11.6 Å². The fourth-order valence-corrected chi connectivity index (χ4v) is 3.05. The molecule has 7 nitrogen and oxygen atoms in total. The van der Waals surface area contributed by atoms with E-state index < -0.39 is 11.8 Å². The highest BCUT2D eigenvalue weighted by Crippen LogP contribution is 2.24. The van der Waals surface area contributed by atoms with Gasteiger partial charge in [0.25, 0.3) is 5.56 Å². The van der Waals surface area contributed by atoms with Crippen LogP contribution >= 0.6 is 0 Å². The molecule has 0 unspecified atom stereocenters. The molecule has 1 aromatic heterocycles. The van der Waals surface area contributed by atoms with Crippen LogP contribution in [0.1, 0.15) is 24.4 Å². The van der Waals surface area contributed by atoms with Crippen LogP contribution in [0.2, 0.25) is 0 Å². The van der Waals surface area contributed by atoms with Crippen LogP contribution in [0.25, 0.3) is 0 Å². The van der Waals surface area contributed by atoms with Gasteiger partial charge in [0.2, 0.25) is 0 Å². The quantitative estimate of drug-likeness (QED) is 0.749. The van der Waals surface area contributed by atoms with Crippen molar-refractivity contribution < 1.29 is 9.84 Å². The molecule has 0 amide bonds. The lowest BCUT2D eigenvalue weighted by atomic mass is 10.1. The summed E-state index contributed by atoms with van der Waals surface area (Å²) in [5.74, 6) is 0. The third-order valence-electron chi connectivity index (χ3n) is 4.51. The minimum absolute atomic E-state index is 0.293. The number of nitrogens with zero attached hydrogens (tertiary/aromatic N) is 2. The number of likely N-dealkylation sites (tertiary alicyclic amines) is 1. The second-order valence-electron chi connectivity index (χ2n) is 5.92. The minimum Gasteiger partial charge on any atom is -0.391 e. The average molecular weight is 295 g/mol. The summed E-state index contributed by atoms with van der Waals surface area (Å²) in [6, 6.07) is 0.143. The van der Waals surface area contributed by atoms with Crippen LogP contribution in [0, 0.1) is 6.92 Å². The molecule has 0 spiro atoms. The molecule has 1 aromatic rings. The summed E-state index contributed by atoms with van der Waals surface area (Å²) in [5.41, 5.74) is -0.335. The van der Waals surface area contributed by atoms with Gasteiger partial charge in [-0.15, -0.1) is 0 Å². The highest BCUT2D eigenvalue weighted by molar-refractivity contribution is 5.03. The number of aliphatic hydroxyl groups excluding tert-OH is 1. The lowest BCUT2D eigenvalue weighted by molar-refractivity contribution is -0.0644. The van der Waals surface area contributed by atoms with Crippen LogP contribution in [0.5, 0.6) is 0 Å². The predicted octanol–water partition coefficient (Wildman–Crippen LogP) is -0.758. The fourth-order valence-electron chi connectivity index (χ4n) is 3.05. The summed E-state index contributed by atoms with van der Waals surface area (Å²) in [6.45, 7) is 4.79. The number of hydrogen-bond donors (Lipinski definition) is 2. The Morgan fingerprint density at radius 3 is 2.67 bits per heavy atom. The Morgan fingerprint density at radius 2 is 2.00 bits per heavy atom. The van der Waals surface area contributed by atoms with Crippen molar-refractivity contribution >= 4 is 0 Å². The number of aliphatic hydroxyl groups is 1. The number of rotatable bonds is 2. The zero-order valence-electron chi connectivity index (χ0n) is 12.1. The lowest BCUT2D eigenvalue weighted by Gasteiger charge is -2.36. The number of hydrogen-bond acceptors (Lipinski definition) is 5. The lowest BCUT2D eigenvalue weighted by Crippen LogP contribution is -2.49. The maximum absolute atomic E-state index is 12.0. The first kappa shape index (κ1) is 14.5. The number of aromatic amines is 1. The number of ether oxygens (including phenoxy) is 1. The Labute approximate surface area is 122 Å². The van der Waals surface area contributed by atoms with Gasteiger partial charge in [-0.25, -0.2) is 4.79 Å². The van der Waals surface area contributed by atoms with Gasteiger partial charge in [0.15, 0.2) is 0 Å². The standard InChI is InChI=1S/C14H21N3O4/c1-9-6-17(14(20)15-13(9)19)11-2-4-16(5-3-12(11)18)10-7-21-8-10/h6,10-12,18H,2-5,7-8H2,1H3,(H,15,19,20)/t11-,12-/m0/s1. The van der Waals surface area contributed by atoms with E-state index in [1.807, 2.05) is 0 Å². The summed E-state index contributed by atoms with van der Waals surface area (Å²) >= 11 is 0. The van der Waals surface area contributed by atoms with Gasteiger partial charge in [-0.05, 0) is 19.8 Å². The van der Waals surface area contributed by atoms with Gasteiger partial charge in [-0.1, -0.05) is 0 Å². The summed E-state index contributed by atoms with van der Waals surface area (Å²) < 4.78 is 6.69. The summed E-state index contributed by atoms with van der Waals surface area (Å²) in [6.07, 6.45) is 2.27. The second-order valence-corrected chi connectivity index (χ2v) is 5.92. The van der Waals surface area contributed by atoms with E-state index >= 15 is 0 Å². The number of aromatic nitrogens is 2. The molecule has 0 aromatic carbocycles. The first-order valence-corrected chi connectivity index (χ1v) is 7.38. The Bertz CT molecular complexity index is 619. The normalized spacial score (nSPS) is 28.1. The topological polar surface area (TPSA) is 87.6 Å². The monoisotopic (exact) mass is 295 g/mol. The Morgan fingerprint density at radius 1 is 1.29 bits per heavy atom. The molecular formula is C14H21N3O4.